The van der Waals surface area contributed by atoms with Crippen LogP contribution in [0.25, 0.3) is 0 Å². The van der Waals surface area contributed by atoms with Crippen molar-refractivity contribution in [1.82, 2.24) is 15.1 Å². The van der Waals surface area contributed by atoms with Crippen molar-refractivity contribution in [3.05, 3.63) is 83.2 Å². The number of rotatable bonds is 4. The number of anilines is 1. The van der Waals surface area contributed by atoms with Crippen molar-refractivity contribution in [2.75, 3.05) is 11.9 Å². The smallest absolute Gasteiger partial charge is 0.325 e. The molecule has 3 aromatic rings. The van der Waals surface area contributed by atoms with E-state index in [9.17, 15) is 22.8 Å². The van der Waals surface area contributed by atoms with Crippen molar-refractivity contribution in [3.8, 4) is 6.07 Å². The minimum absolute atomic E-state index is 0.0300. The van der Waals surface area contributed by atoms with Gasteiger partial charge in [-0.15, -0.1) is 0 Å². The fraction of sp³-hybridized carbons (Fsp3) is 0.182. The van der Waals surface area contributed by atoms with Crippen molar-refractivity contribution >= 4 is 17.5 Å². The van der Waals surface area contributed by atoms with Gasteiger partial charge in [-0.05, 0) is 29.8 Å². The van der Waals surface area contributed by atoms with Crippen LogP contribution in [0.5, 0.6) is 0 Å². The van der Waals surface area contributed by atoms with Crippen LogP contribution in [0.1, 0.15) is 39.0 Å². The summed E-state index contributed by atoms with van der Waals surface area (Å²) in [4.78, 5) is 27.1. The molecule has 1 aliphatic heterocycles. The summed E-state index contributed by atoms with van der Waals surface area (Å²) in [6.07, 6.45) is -2.01. The van der Waals surface area contributed by atoms with Gasteiger partial charge in [0.25, 0.3) is 5.91 Å². The third kappa shape index (κ3) is 4.05. The molecule has 0 bridgehead atoms. The Labute approximate surface area is 180 Å². The third-order valence-electron chi connectivity index (χ3n) is 5.19. The molecule has 2 amide bonds. The Morgan fingerprint density at radius 1 is 1.22 bits per heavy atom. The van der Waals surface area contributed by atoms with Crippen LogP contribution in [0.15, 0.2) is 60.9 Å². The first-order chi connectivity index (χ1) is 15.3. The Morgan fingerprint density at radius 2 is 2.00 bits per heavy atom. The van der Waals surface area contributed by atoms with Gasteiger partial charge in [-0.2, -0.15) is 23.5 Å². The van der Waals surface area contributed by atoms with Crippen LogP contribution in [0.3, 0.4) is 0 Å². The number of hydrogen-bond acceptors (Lipinski definition) is 4. The van der Waals surface area contributed by atoms with Gasteiger partial charge in [0.1, 0.15) is 6.54 Å². The number of amides is 2. The molecule has 2 aromatic carbocycles. The molecule has 2 N–H and O–H groups in total. The first-order valence-electron chi connectivity index (χ1n) is 9.55. The highest BCUT2D eigenvalue weighted by Gasteiger charge is 2.48. The predicted molar refractivity (Wildman–Crippen MR) is 107 cm³/mol. The van der Waals surface area contributed by atoms with Gasteiger partial charge >= 0.3 is 6.18 Å². The first-order valence-corrected chi connectivity index (χ1v) is 9.55. The molecule has 0 aliphatic carbocycles. The quantitative estimate of drug-likeness (QED) is 0.646. The molecule has 1 aromatic heterocycles. The zero-order valence-electron chi connectivity index (χ0n) is 16.4. The number of carbonyl (C=O) groups excluding carboxylic acids is 2. The monoisotopic (exact) mass is 439 g/mol. The maximum absolute atomic E-state index is 13.4. The Kier molecular flexibility index (Phi) is 5.40. The first kappa shape index (κ1) is 21.1. The Morgan fingerprint density at radius 3 is 2.69 bits per heavy atom. The second kappa shape index (κ2) is 8.19. The highest BCUT2D eigenvalue weighted by atomic mass is 19.4. The minimum atomic E-state index is -4.67. The maximum Gasteiger partial charge on any atom is 0.406 e. The molecule has 0 saturated carbocycles. The number of aromatic amines is 1. The van der Waals surface area contributed by atoms with E-state index in [-0.39, 0.29) is 11.1 Å². The number of H-pyrrole nitrogens is 1. The number of nitrogens with zero attached hydrogens (tertiary/aromatic N) is 3. The van der Waals surface area contributed by atoms with E-state index in [2.05, 4.69) is 15.5 Å². The number of alkyl halides is 3. The van der Waals surface area contributed by atoms with E-state index < -0.39 is 36.5 Å². The lowest BCUT2D eigenvalue weighted by Crippen LogP contribution is -2.49. The average Bonchev–Trinajstić information content (AvgIpc) is 3.29. The van der Waals surface area contributed by atoms with Gasteiger partial charge in [0.2, 0.25) is 5.91 Å². The fourth-order valence-corrected chi connectivity index (χ4v) is 3.92. The molecule has 1 aliphatic rings. The van der Waals surface area contributed by atoms with Crippen LogP contribution in [0.2, 0.25) is 0 Å². The average molecular weight is 439 g/mol. The van der Waals surface area contributed by atoms with Crippen molar-refractivity contribution in [2.45, 2.75) is 18.1 Å². The van der Waals surface area contributed by atoms with Crippen LogP contribution in [-0.4, -0.2) is 39.6 Å². The maximum atomic E-state index is 13.4. The molecule has 32 heavy (non-hydrogen) atoms. The van der Waals surface area contributed by atoms with E-state index in [4.69, 9.17) is 5.26 Å². The van der Waals surface area contributed by atoms with Crippen LogP contribution >= 0.6 is 0 Å². The number of halogens is 3. The van der Waals surface area contributed by atoms with E-state index >= 15 is 0 Å². The lowest BCUT2D eigenvalue weighted by Gasteiger charge is -2.41. The summed E-state index contributed by atoms with van der Waals surface area (Å²) in [7, 11) is 0. The number of carbonyl (C=O) groups is 2. The van der Waals surface area contributed by atoms with E-state index in [0.29, 0.717) is 21.7 Å². The number of aromatic nitrogens is 2. The van der Waals surface area contributed by atoms with Gasteiger partial charge in [0, 0.05) is 23.0 Å². The van der Waals surface area contributed by atoms with Gasteiger partial charge in [-0.25, -0.2) is 0 Å². The third-order valence-corrected chi connectivity index (χ3v) is 5.19. The zero-order chi connectivity index (χ0) is 22.9. The summed E-state index contributed by atoms with van der Waals surface area (Å²) in [6.45, 7) is -1.52. The van der Waals surface area contributed by atoms with Crippen LogP contribution in [-0.2, 0) is 4.79 Å². The molecule has 0 spiro atoms. The lowest BCUT2D eigenvalue weighted by molar-refractivity contribution is -0.148. The number of hydrogen-bond donors (Lipinski definition) is 2. The highest BCUT2D eigenvalue weighted by Crippen LogP contribution is 2.44. The molecule has 0 unspecified atom stereocenters. The molecule has 0 saturated heterocycles. The molecular formula is C22H16F3N5O2. The minimum Gasteiger partial charge on any atom is -0.325 e. The fourth-order valence-electron chi connectivity index (χ4n) is 3.92. The molecule has 2 atom stereocenters. The molecule has 4 rings (SSSR count). The Hall–Kier alpha value is -4.13. The van der Waals surface area contributed by atoms with E-state index in [1.54, 1.807) is 30.3 Å². The van der Waals surface area contributed by atoms with E-state index in [1.165, 1.54) is 30.6 Å². The van der Waals surface area contributed by atoms with E-state index in [0.717, 1.165) is 0 Å². The van der Waals surface area contributed by atoms with Crippen molar-refractivity contribution < 1.29 is 22.8 Å². The van der Waals surface area contributed by atoms with Gasteiger partial charge in [0.05, 0.1) is 29.8 Å². The summed E-state index contributed by atoms with van der Waals surface area (Å²) >= 11 is 0. The summed E-state index contributed by atoms with van der Waals surface area (Å²) in [5.74, 6) is -2.58. The molecule has 0 fully saturated rings. The topological polar surface area (TPSA) is 102 Å². The number of benzene rings is 2. The molecule has 2 heterocycles. The predicted octanol–water partition coefficient (Wildman–Crippen LogP) is 3.76. The van der Waals surface area contributed by atoms with Gasteiger partial charge in [-0.3, -0.25) is 14.7 Å². The van der Waals surface area contributed by atoms with Crippen molar-refractivity contribution in [1.29, 1.82) is 5.26 Å². The van der Waals surface area contributed by atoms with Gasteiger partial charge in [-0.1, -0.05) is 24.3 Å². The second-order valence-corrected chi connectivity index (χ2v) is 7.27. The molecule has 7 nitrogen and oxygen atoms in total. The number of nitriles is 1. The van der Waals surface area contributed by atoms with E-state index in [1.807, 2.05) is 6.07 Å². The van der Waals surface area contributed by atoms with Crippen LogP contribution in [0, 0.1) is 11.3 Å². The SMILES string of the molecule is N#Cc1cccc(NC(=O)[C@H]2c3ccccc3C(=O)N(CC(F)(F)F)[C@@H]2c2cn[nH]c2)c1. The van der Waals surface area contributed by atoms with Crippen LogP contribution in [0.4, 0.5) is 18.9 Å². The summed E-state index contributed by atoms with van der Waals surface area (Å²) in [5.41, 5.74) is 1.24. The normalized spacial score (nSPS) is 18.1. The molecular weight excluding hydrogens is 423 g/mol. The summed E-state index contributed by atoms with van der Waals surface area (Å²) in [5, 5.41) is 18.1. The Bertz CT molecular complexity index is 1200. The summed E-state index contributed by atoms with van der Waals surface area (Å²) in [6, 6.07) is 13.0. The van der Waals surface area contributed by atoms with Crippen molar-refractivity contribution in [2.24, 2.45) is 0 Å². The highest BCUT2D eigenvalue weighted by molar-refractivity contribution is 6.04. The Balaban J connectivity index is 1.82. The number of nitrogens with one attached hydrogen (secondary N) is 2. The van der Waals surface area contributed by atoms with Gasteiger partial charge < -0.3 is 10.2 Å². The molecule has 162 valence electrons. The zero-order valence-corrected chi connectivity index (χ0v) is 16.4. The lowest BCUT2D eigenvalue weighted by atomic mass is 9.79. The van der Waals surface area contributed by atoms with Gasteiger partial charge in [0.15, 0.2) is 0 Å². The second-order valence-electron chi connectivity index (χ2n) is 7.27. The number of fused-ring (bicyclic) bond motifs is 1. The van der Waals surface area contributed by atoms with Crippen molar-refractivity contribution in [3.63, 3.8) is 0 Å². The standard InChI is InChI=1S/C22H16F3N5O2/c23-22(24,25)12-30-19(14-10-27-28-11-14)18(16-6-1-2-7-17(16)21(30)32)20(31)29-15-5-3-4-13(8-15)9-26/h1-8,10-11,18-19H,12H2,(H,27,28)(H,29,31)/t18-,19+/m0/s1. The molecule has 0 radical (unpaired) electrons. The summed E-state index contributed by atoms with van der Waals surface area (Å²) < 4.78 is 40.2. The van der Waals surface area contributed by atoms with Crippen LogP contribution < -0.4 is 5.32 Å². The molecule has 10 heteroatoms. The largest absolute Gasteiger partial charge is 0.406 e.